The highest BCUT2D eigenvalue weighted by molar-refractivity contribution is 7.97. The predicted molar refractivity (Wildman–Crippen MR) is 75.6 cm³/mol. The zero-order valence-corrected chi connectivity index (χ0v) is 12.4. The van der Waals surface area contributed by atoms with Crippen molar-refractivity contribution in [2.75, 3.05) is 26.4 Å². The molecule has 0 fully saturated rings. The molecular weight excluding hydrogens is 286 g/mol. The van der Waals surface area contributed by atoms with Gasteiger partial charge in [0, 0.05) is 26.3 Å². The molecule has 0 aromatic heterocycles. The third kappa shape index (κ3) is 7.62. The van der Waals surface area contributed by atoms with E-state index in [1.807, 2.05) is 0 Å². The molecule has 0 unspecified atom stereocenters. The van der Waals surface area contributed by atoms with Crippen molar-refractivity contribution in [1.82, 2.24) is 9.62 Å². The molecule has 0 rings (SSSR count). The van der Waals surface area contributed by atoms with Crippen LogP contribution >= 0.6 is 11.9 Å². The minimum Gasteiger partial charge on any atom is -0.481 e. The van der Waals surface area contributed by atoms with Gasteiger partial charge in [-0.15, -0.1) is 0 Å². The zero-order chi connectivity index (χ0) is 15.7. The number of guanidine groups is 1. The number of carbonyl (C=O) groups is 3. The van der Waals surface area contributed by atoms with Crippen LogP contribution < -0.4 is 4.72 Å². The predicted octanol–water partition coefficient (Wildman–Crippen LogP) is -0.0937. The number of nitrogens with one attached hydrogen (secondary N) is 1. The number of carboxylic acid groups (broad SMARTS) is 2. The number of likely N-dealkylation sites (N-methyl/N-ethyl adjacent to an activating group) is 1. The fraction of sp³-hybridized carbons (Fsp3) is 0.636. The van der Waals surface area contributed by atoms with Crippen LogP contribution in [-0.4, -0.2) is 65.2 Å². The van der Waals surface area contributed by atoms with Gasteiger partial charge in [0.25, 0.3) is 0 Å². The molecule has 0 radical (unpaired) electrons. The second kappa shape index (κ2) is 9.18. The monoisotopic (exact) mass is 305 g/mol. The first-order valence-electron chi connectivity index (χ1n) is 5.77. The molecule has 0 aliphatic rings. The fourth-order valence-corrected chi connectivity index (χ4v) is 2.26. The van der Waals surface area contributed by atoms with Gasteiger partial charge in [-0.05, 0) is 18.9 Å². The van der Waals surface area contributed by atoms with Crippen LogP contribution in [0.2, 0.25) is 0 Å². The summed E-state index contributed by atoms with van der Waals surface area (Å²) in [6, 6.07) is 0. The van der Waals surface area contributed by atoms with Crippen molar-refractivity contribution in [3.05, 3.63) is 0 Å². The normalized spacial score (nSPS) is 12.7. The van der Waals surface area contributed by atoms with Crippen molar-refractivity contribution in [3.8, 4) is 0 Å². The standard InChI is InChI=1S/C11H19N3O5S/c1-7(15)4-8(10(18)19)6-20-13-11(12-2)14(3)5-9(16)17/h8H,4-6H2,1-3H3,(H,12,13)(H,16,17)(H,18,19)/t8-/m1/s1. The summed E-state index contributed by atoms with van der Waals surface area (Å²) in [5.41, 5.74) is 0. The summed E-state index contributed by atoms with van der Waals surface area (Å²) < 4.78 is 2.79. The topological polar surface area (TPSA) is 119 Å². The second-order valence-corrected chi connectivity index (χ2v) is 4.98. The first-order chi connectivity index (χ1) is 9.27. The molecule has 0 aromatic rings. The van der Waals surface area contributed by atoms with E-state index >= 15 is 0 Å². The Bertz CT molecular complexity index is 400. The maximum atomic E-state index is 11.0. The first kappa shape index (κ1) is 18.2. The molecule has 8 nitrogen and oxygen atoms in total. The summed E-state index contributed by atoms with van der Waals surface area (Å²) in [5.74, 6) is -2.51. The van der Waals surface area contributed by atoms with E-state index in [4.69, 9.17) is 10.2 Å². The Kier molecular flexibility index (Phi) is 8.37. The van der Waals surface area contributed by atoms with Crippen LogP contribution in [0.15, 0.2) is 4.99 Å². The van der Waals surface area contributed by atoms with Crippen molar-refractivity contribution in [1.29, 1.82) is 0 Å². The fourth-order valence-electron chi connectivity index (χ4n) is 1.34. The van der Waals surface area contributed by atoms with Crippen LogP contribution in [-0.2, 0) is 14.4 Å². The number of nitrogens with zero attached hydrogens (tertiary/aromatic N) is 2. The Morgan fingerprint density at radius 2 is 1.95 bits per heavy atom. The molecule has 9 heteroatoms. The van der Waals surface area contributed by atoms with Crippen LogP contribution in [0.25, 0.3) is 0 Å². The van der Waals surface area contributed by atoms with E-state index in [2.05, 4.69) is 9.71 Å². The average molecular weight is 305 g/mol. The van der Waals surface area contributed by atoms with Crippen molar-refractivity contribution in [2.45, 2.75) is 13.3 Å². The van der Waals surface area contributed by atoms with Gasteiger partial charge in [-0.3, -0.25) is 14.6 Å². The lowest BCUT2D eigenvalue weighted by Crippen LogP contribution is -2.39. The summed E-state index contributed by atoms with van der Waals surface area (Å²) in [6.07, 6.45) is -0.0341. The highest BCUT2D eigenvalue weighted by atomic mass is 32.2. The van der Waals surface area contributed by atoms with Gasteiger partial charge in [0.15, 0.2) is 0 Å². The van der Waals surface area contributed by atoms with E-state index in [-0.39, 0.29) is 24.5 Å². The molecule has 0 aromatic carbocycles. The number of rotatable bonds is 8. The minimum absolute atomic E-state index is 0.0341. The van der Waals surface area contributed by atoms with Crippen LogP contribution in [0.1, 0.15) is 13.3 Å². The largest absolute Gasteiger partial charge is 0.481 e. The Hall–Kier alpha value is -1.77. The van der Waals surface area contributed by atoms with E-state index in [1.165, 1.54) is 18.9 Å². The van der Waals surface area contributed by atoms with Gasteiger partial charge < -0.3 is 24.6 Å². The molecule has 3 N–H and O–H groups in total. The van der Waals surface area contributed by atoms with Gasteiger partial charge >= 0.3 is 11.9 Å². The molecule has 0 saturated carbocycles. The minimum atomic E-state index is -1.04. The third-order valence-electron chi connectivity index (χ3n) is 2.28. The molecule has 0 aliphatic carbocycles. The smallest absolute Gasteiger partial charge is 0.323 e. The third-order valence-corrected chi connectivity index (χ3v) is 3.17. The number of aliphatic carboxylic acids is 2. The van der Waals surface area contributed by atoms with Gasteiger partial charge in [-0.1, -0.05) is 0 Å². The quantitative estimate of drug-likeness (QED) is 0.323. The van der Waals surface area contributed by atoms with Crippen LogP contribution in [0.5, 0.6) is 0 Å². The molecule has 114 valence electrons. The van der Waals surface area contributed by atoms with E-state index in [0.29, 0.717) is 5.96 Å². The van der Waals surface area contributed by atoms with Gasteiger partial charge in [-0.2, -0.15) is 0 Å². The first-order valence-corrected chi connectivity index (χ1v) is 6.76. The Labute approximate surface area is 121 Å². The lowest BCUT2D eigenvalue weighted by molar-refractivity contribution is -0.142. The molecule has 0 saturated heterocycles. The second-order valence-electron chi connectivity index (χ2n) is 4.15. The van der Waals surface area contributed by atoms with E-state index in [1.54, 1.807) is 7.05 Å². The highest BCUT2D eigenvalue weighted by Crippen LogP contribution is 2.11. The molecule has 0 heterocycles. The summed E-state index contributed by atoms with van der Waals surface area (Å²) >= 11 is 1.07. The van der Waals surface area contributed by atoms with Crippen molar-refractivity contribution in [2.24, 2.45) is 10.9 Å². The zero-order valence-electron chi connectivity index (χ0n) is 11.6. The maximum Gasteiger partial charge on any atom is 0.323 e. The summed E-state index contributed by atoms with van der Waals surface area (Å²) in [7, 11) is 3.04. The highest BCUT2D eigenvalue weighted by Gasteiger charge is 2.20. The van der Waals surface area contributed by atoms with E-state index in [9.17, 15) is 14.4 Å². The lowest BCUT2D eigenvalue weighted by atomic mass is 10.1. The summed E-state index contributed by atoms with van der Waals surface area (Å²) in [5, 5.41) is 17.6. The number of hydrogen-bond acceptors (Lipinski definition) is 5. The van der Waals surface area contributed by atoms with Gasteiger partial charge in [0.1, 0.15) is 12.3 Å². The lowest BCUT2D eigenvalue weighted by Gasteiger charge is -2.20. The van der Waals surface area contributed by atoms with Crippen molar-refractivity contribution in [3.63, 3.8) is 0 Å². The number of aliphatic imine (C=N–C) groups is 1. The van der Waals surface area contributed by atoms with E-state index in [0.717, 1.165) is 11.9 Å². The molecule has 1 atom stereocenters. The van der Waals surface area contributed by atoms with Gasteiger partial charge in [0.2, 0.25) is 5.96 Å². The Morgan fingerprint density at radius 3 is 2.35 bits per heavy atom. The van der Waals surface area contributed by atoms with Crippen LogP contribution in [0.3, 0.4) is 0 Å². The van der Waals surface area contributed by atoms with Crippen molar-refractivity contribution >= 4 is 35.6 Å². The molecule has 0 aliphatic heterocycles. The van der Waals surface area contributed by atoms with Crippen molar-refractivity contribution < 1.29 is 24.6 Å². The number of carboxylic acids is 2. The molecule has 0 bridgehead atoms. The van der Waals surface area contributed by atoms with Crippen LogP contribution in [0.4, 0.5) is 0 Å². The maximum absolute atomic E-state index is 11.0. The van der Waals surface area contributed by atoms with Gasteiger partial charge in [0.05, 0.1) is 5.92 Å². The molecule has 20 heavy (non-hydrogen) atoms. The summed E-state index contributed by atoms with van der Waals surface area (Å²) in [6.45, 7) is 1.11. The number of hydrogen-bond donors (Lipinski definition) is 3. The molecular formula is C11H19N3O5S. The number of ketones is 1. The average Bonchev–Trinajstić information content (AvgIpc) is 2.31. The van der Waals surface area contributed by atoms with Crippen LogP contribution in [0, 0.1) is 5.92 Å². The molecule has 0 spiro atoms. The Morgan fingerprint density at radius 1 is 1.35 bits per heavy atom. The summed E-state index contributed by atoms with van der Waals surface area (Å²) in [4.78, 5) is 37.7. The molecule has 0 amide bonds. The SMILES string of the molecule is CN=C(NSC[C@@H](CC(C)=O)C(=O)O)N(C)CC(=O)O. The number of carbonyl (C=O) groups excluding carboxylic acids is 1. The van der Waals surface area contributed by atoms with E-state index < -0.39 is 17.9 Å². The Balaban J connectivity index is 4.33. The van der Waals surface area contributed by atoms with Gasteiger partial charge in [-0.25, -0.2) is 0 Å². The number of Topliss-reactive ketones (excluding diaryl/α,β-unsaturated/α-hetero) is 1.